The van der Waals surface area contributed by atoms with Crippen molar-refractivity contribution in [3.8, 4) is 11.1 Å². The fourth-order valence-electron chi connectivity index (χ4n) is 2.47. The van der Waals surface area contributed by atoms with Crippen LogP contribution in [0.3, 0.4) is 0 Å². The zero-order valence-electron chi connectivity index (χ0n) is 13.8. The van der Waals surface area contributed by atoms with Crippen molar-refractivity contribution >= 4 is 5.91 Å². The van der Waals surface area contributed by atoms with Gasteiger partial charge >= 0.3 is 0 Å². The highest BCUT2D eigenvalue weighted by Gasteiger charge is 2.21. The monoisotopic (exact) mass is 299 g/mol. The minimum atomic E-state index is -0.275. The molecule has 1 amide bonds. The number of aryl methyl sites for hydroxylation is 1. The zero-order chi connectivity index (χ0) is 16.5. The number of carbonyl (C=O) groups excluding carboxylic acids is 1. The van der Waals surface area contributed by atoms with Crippen LogP contribution in [0.5, 0.6) is 0 Å². The highest BCUT2D eigenvalue weighted by Crippen LogP contribution is 2.32. The van der Waals surface area contributed by atoms with Crippen molar-refractivity contribution in [2.75, 3.05) is 7.05 Å². The van der Waals surface area contributed by atoms with E-state index in [9.17, 15) is 9.18 Å². The molecule has 0 radical (unpaired) electrons. The van der Waals surface area contributed by atoms with Gasteiger partial charge in [0.05, 0.1) is 0 Å². The van der Waals surface area contributed by atoms with Gasteiger partial charge in [-0.05, 0) is 58.9 Å². The molecule has 3 heteroatoms. The topological polar surface area (TPSA) is 29.1 Å². The SMILES string of the molecule is CNC(=O)c1cccc(-c2cc(C)c(F)c(C(C)(C)C)c2)c1. The lowest BCUT2D eigenvalue weighted by molar-refractivity contribution is 0.0963. The second-order valence-electron chi connectivity index (χ2n) is 6.56. The van der Waals surface area contributed by atoms with Crippen LogP contribution < -0.4 is 5.32 Å². The third kappa shape index (κ3) is 3.19. The molecular formula is C19H22FNO. The van der Waals surface area contributed by atoms with Crippen LogP contribution in [-0.2, 0) is 5.41 Å². The maximum absolute atomic E-state index is 14.4. The predicted octanol–water partition coefficient (Wildman–Crippen LogP) is 4.46. The van der Waals surface area contributed by atoms with Crippen LogP contribution in [0, 0.1) is 12.7 Å². The Balaban J connectivity index is 2.59. The molecule has 2 aromatic carbocycles. The quantitative estimate of drug-likeness (QED) is 0.871. The Hall–Kier alpha value is -2.16. The van der Waals surface area contributed by atoms with E-state index in [4.69, 9.17) is 0 Å². The molecular weight excluding hydrogens is 277 g/mol. The lowest BCUT2D eigenvalue weighted by Gasteiger charge is -2.22. The number of benzene rings is 2. The van der Waals surface area contributed by atoms with Gasteiger partial charge in [0.2, 0.25) is 0 Å². The molecule has 0 aliphatic carbocycles. The summed E-state index contributed by atoms with van der Waals surface area (Å²) < 4.78 is 14.4. The molecule has 0 unspecified atom stereocenters. The minimum Gasteiger partial charge on any atom is -0.355 e. The molecule has 116 valence electrons. The van der Waals surface area contributed by atoms with E-state index >= 15 is 0 Å². The van der Waals surface area contributed by atoms with E-state index in [1.807, 2.05) is 51.1 Å². The van der Waals surface area contributed by atoms with Crippen LogP contribution >= 0.6 is 0 Å². The van der Waals surface area contributed by atoms with Gasteiger partial charge in [-0.1, -0.05) is 32.9 Å². The van der Waals surface area contributed by atoms with Crippen LogP contribution in [-0.4, -0.2) is 13.0 Å². The lowest BCUT2D eigenvalue weighted by Crippen LogP contribution is -2.17. The summed E-state index contributed by atoms with van der Waals surface area (Å²) in [5, 5.41) is 2.62. The molecule has 0 heterocycles. The molecule has 0 saturated carbocycles. The van der Waals surface area contributed by atoms with E-state index in [1.165, 1.54) is 0 Å². The number of rotatable bonds is 2. The first-order valence-corrected chi connectivity index (χ1v) is 7.37. The third-order valence-electron chi connectivity index (χ3n) is 3.75. The predicted molar refractivity (Wildman–Crippen MR) is 88.7 cm³/mol. The molecule has 2 rings (SSSR count). The Morgan fingerprint density at radius 3 is 2.36 bits per heavy atom. The largest absolute Gasteiger partial charge is 0.355 e. The zero-order valence-corrected chi connectivity index (χ0v) is 13.8. The van der Waals surface area contributed by atoms with Crippen LogP contribution in [0.4, 0.5) is 4.39 Å². The molecule has 1 N–H and O–H groups in total. The van der Waals surface area contributed by atoms with Crippen molar-refractivity contribution in [2.24, 2.45) is 0 Å². The van der Waals surface area contributed by atoms with Crippen LogP contribution in [0.2, 0.25) is 0 Å². The lowest BCUT2D eigenvalue weighted by atomic mass is 9.83. The second kappa shape index (κ2) is 5.91. The van der Waals surface area contributed by atoms with E-state index in [2.05, 4.69) is 5.32 Å². The number of amides is 1. The summed E-state index contributed by atoms with van der Waals surface area (Å²) in [4.78, 5) is 11.8. The molecule has 0 fully saturated rings. The fraction of sp³-hybridized carbons (Fsp3) is 0.316. The molecule has 0 aliphatic rings. The van der Waals surface area contributed by atoms with Gasteiger partial charge in [0.1, 0.15) is 5.82 Å². The Morgan fingerprint density at radius 2 is 1.77 bits per heavy atom. The van der Waals surface area contributed by atoms with Gasteiger partial charge < -0.3 is 5.32 Å². The third-order valence-corrected chi connectivity index (χ3v) is 3.75. The minimum absolute atomic E-state index is 0.128. The Labute approximate surface area is 131 Å². The average Bonchev–Trinajstić information content (AvgIpc) is 2.48. The summed E-state index contributed by atoms with van der Waals surface area (Å²) in [6, 6.07) is 11.1. The summed E-state index contributed by atoms with van der Waals surface area (Å²) in [7, 11) is 1.61. The summed E-state index contributed by atoms with van der Waals surface area (Å²) in [5.41, 5.74) is 3.47. The molecule has 0 spiro atoms. The van der Waals surface area contributed by atoms with Crippen molar-refractivity contribution in [3.05, 3.63) is 58.9 Å². The maximum atomic E-state index is 14.4. The van der Waals surface area contributed by atoms with E-state index in [0.29, 0.717) is 16.7 Å². The molecule has 0 bridgehead atoms. The molecule has 0 atom stereocenters. The van der Waals surface area contributed by atoms with Gasteiger partial charge in [-0.15, -0.1) is 0 Å². The molecule has 0 aliphatic heterocycles. The average molecular weight is 299 g/mol. The van der Waals surface area contributed by atoms with Crippen molar-refractivity contribution in [2.45, 2.75) is 33.1 Å². The van der Waals surface area contributed by atoms with Crippen LogP contribution in [0.1, 0.15) is 42.3 Å². The smallest absolute Gasteiger partial charge is 0.251 e. The normalized spacial score (nSPS) is 11.4. The molecule has 22 heavy (non-hydrogen) atoms. The molecule has 2 aromatic rings. The summed E-state index contributed by atoms with van der Waals surface area (Å²) in [6.45, 7) is 7.76. The number of halogens is 1. The second-order valence-corrected chi connectivity index (χ2v) is 6.56. The first kappa shape index (κ1) is 16.2. The summed E-state index contributed by atoms with van der Waals surface area (Å²) >= 11 is 0. The molecule has 0 aromatic heterocycles. The van der Waals surface area contributed by atoms with E-state index in [0.717, 1.165) is 11.1 Å². The number of hydrogen-bond acceptors (Lipinski definition) is 1. The maximum Gasteiger partial charge on any atom is 0.251 e. The fourth-order valence-corrected chi connectivity index (χ4v) is 2.47. The first-order chi connectivity index (χ1) is 10.2. The Bertz CT molecular complexity index is 714. The van der Waals surface area contributed by atoms with Gasteiger partial charge in [-0.2, -0.15) is 0 Å². The molecule has 2 nitrogen and oxygen atoms in total. The van der Waals surface area contributed by atoms with E-state index in [1.54, 1.807) is 20.0 Å². The van der Waals surface area contributed by atoms with Crippen molar-refractivity contribution < 1.29 is 9.18 Å². The van der Waals surface area contributed by atoms with Gasteiger partial charge in [0.25, 0.3) is 5.91 Å². The number of nitrogens with one attached hydrogen (secondary N) is 1. The standard InChI is InChI=1S/C19H22FNO/c1-12-9-15(11-16(17(12)20)19(2,3)4)13-7-6-8-14(10-13)18(22)21-5/h6-11H,1-5H3,(H,21,22). The van der Waals surface area contributed by atoms with Crippen molar-refractivity contribution in [1.82, 2.24) is 5.32 Å². The van der Waals surface area contributed by atoms with Gasteiger partial charge in [-0.3, -0.25) is 4.79 Å². The number of carbonyl (C=O) groups is 1. The van der Waals surface area contributed by atoms with Gasteiger partial charge in [0, 0.05) is 12.6 Å². The van der Waals surface area contributed by atoms with Crippen molar-refractivity contribution in [1.29, 1.82) is 0 Å². The van der Waals surface area contributed by atoms with Crippen LogP contribution in [0.25, 0.3) is 11.1 Å². The highest BCUT2D eigenvalue weighted by atomic mass is 19.1. The van der Waals surface area contributed by atoms with E-state index in [-0.39, 0.29) is 17.1 Å². The van der Waals surface area contributed by atoms with Crippen LogP contribution in [0.15, 0.2) is 36.4 Å². The Kier molecular flexibility index (Phi) is 4.36. The summed E-state index contributed by atoms with van der Waals surface area (Å²) in [5.74, 6) is -0.282. The first-order valence-electron chi connectivity index (χ1n) is 7.37. The van der Waals surface area contributed by atoms with Gasteiger partial charge in [-0.25, -0.2) is 4.39 Å². The van der Waals surface area contributed by atoms with Gasteiger partial charge in [0.15, 0.2) is 0 Å². The summed E-state index contributed by atoms with van der Waals surface area (Å²) in [6.07, 6.45) is 0. The highest BCUT2D eigenvalue weighted by molar-refractivity contribution is 5.95. The van der Waals surface area contributed by atoms with E-state index < -0.39 is 0 Å². The number of hydrogen-bond donors (Lipinski definition) is 1. The van der Waals surface area contributed by atoms with Crippen molar-refractivity contribution in [3.63, 3.8) is 0 Å². The molecule has 0 saturated heterocycles. The Morgan fingerprint density at radius 1 is 1.09 bits per heavy atom.